The Bertz CT molecular complexity index is 366. The molecule has 1 aromatic carbocycles. The van der Waals surface area contributed by atoms with E-state index in [9.17, 15) is 4.39 Å². The van der Waals surface area contributed by atoms with Crippen LogP contribution in [0.25, 0.3) is 0 Å². The lowest BCUT2D eigenvalue weighted by molar-refractivity contribution is 0.454. The zero-order chi connectivity index (χ0) is 13.5. The second kappa shape index (κ2) is 7.75. The molecule has 0 bridgehead atoms. The third kappa shape index (κ3) is 5.83. The summed E-state index contributed by atoms with van der Waals surface area (Å²) in [5.41, 5.74) is 0.910. The van der Waals surface area contributed by atoms with E-state index in [0.717, 1.165) is 31.5 Å². The lowest BCUT2D eigenvalue weighted by Crippen LogP contribution is -2.25. The van der Waals surface area contributed by atoms with Crippen LogP contribution in [0.4, 0.5) is 4.39 Å². The van der Waals surface area contributed by atoms with E-state index in [2.05, 4.69) is 26.1 Å². The van der Waals surface area contributed by atoms with E-state index >= 15 is 0 Å². The van der Waals surface area contributed by atoms with E-state index in [0.29, 0.717) is 16.9 Å². The van der Waals surface area contributed by atoms with Crippen molar-refractivity contribution in [3.05, 3.63) is 34.6 Å². The van der Waals surface area contributed by atoms with E-state index in [4.69, 9.17) is 11.6 Å². The van der Waals surface area contributed by atoms with Crippen LogP contribution in [0.3, 0.4) is 0 Å². The molecule has 1 unspecified atom stereocenters. The average molecular weight is 272 g/mol. The second-order valence-electron chi connectivity index (χ2n) is 5.43. The van der Waals surface area contributed by atoms with Gasteiger partial charge in [-0.25, -0.2) is 4.39 Å². The second-order valence-corrected chi connectivity index (χ2v) is 5.84. The molecule has 0 radical (unpaired) electrons. The van der Waals surface area contributed by atoms with Gasteiger partial charge in [0.2, 0.25) is 0 Å². The Labute approximate surface area is 115 Å². The predicted octanol–water partition coefficient (Wildman–Crippen LogP) is 4.29. The molecule has 3 heteroatoms. The van der Waals surface area contributed by atoms with Gasteiger partial charge in [-0.2, -0.15) is 0 Å². The molecule has 0 spiro atoms. The van der Waals surface area contributed by atoms with Crippen LogP contribution < -0.4 is 5.32 Å². The van der Waals surface area contributed by atoms with Gasteiger partial charge in [-0.1, -0.05) is 32.4 Å². The summed E-state index contributed by atoms with van der Waals surface area (Å²) in [7, 11) is 0. The molecule has 0 amide bonds. The van der Waals surface area contributed by atoms with Crippen LogP contribution in [0, 0.1) is 17.7 Å². The molecule has 1 aromatic rings. The van der Waals surface area contributed by atoms with E-state index in [1.54, 1.807) is 6.07 Å². The highest BCUT2D eigenvalue weighted by Gasteiger charge is 2.06. The summed E-state index contributed by atoms with van der Waals surface area (Å²) in [6.07, 6.45) is 1.86. The molecular weight excluding hydrogens is 249 g/mol. The fourth-order valence-corrected chi connectivity index (χ4v) is 2.07. The minimum atomic E-state index is -0.208. The SMILES string of the molecule is CC(C)CNCC(C)CCc1cc(F)ccc1Cl. The Hall–Kier alpha value is -0.600. The van der Waals surface area contributed by atoms with Crippen molar-refractivity contribution in [3.63, 3.8) is 0 Å². The van der Waals surface area contributed by atoms with Gasteiger partial charge in [0.15, 0.2) is 0 Å². The molecule has 0 aliphatic heterocycles. The average Bonchev–Trinajstić information content (AvgIpc) is 2.30. The molecule has 1 nitrogen and oxygen atoms in total. The molecular formula is C15H23ClFN. The molecule has 0 aliphatic rings. The van der Waals surface area contributed by atoms with E-state index in [-0.39, 0.29) is 5.82 Å². The van der Waals surface area contributed by atoms with E-state index < -0.39 is 0 Å². The van der Waals surface area contributed by atoms with Gasteiger partial charge in [0.1, 0.15) is 5.82 Å². The summed E-state index contributed by atoms with van der Waals surface area (Å²) in [5, 5.41) is 4.11. The number of hydrogen-bond acceptors (Lipinski definition) is 1. The van der Waals surface area contributed by atoms with Gasteiger partial charge in [-0.15, -0.1) is 0 Å². The number of nitrogens with one attached hydrogen (secondary N) is 1. The van der Waals surface area contributed by atoms with Crippen LogP contribution in [-0.4, -0.2) is 13.1 Å². The minimum absolute atomic E-state index is 0.208. The molecule has 0 fully saturated rings. The summed E-state index contributed by atoms with van der Waals surface area (Å²) in [4.78, 5) is 0. The van der Waals surface area contributed by atoms with Crippen LogP contribution in [0.15, 0.2) is 18.2 Å². The molecule has 102 valence electrons. The Kier molecular flexibility index (Phi) is 6.66. The number of aryl methyl sites for hydroxylation is 1. The third-order valence-electron chi connectivity index (χ3n) is 2.96. The monoisotopic (exact) mass is 271 g/mol. The van der Waals surface area contributed by atoms with Crippen LogP contribution in [0.1, 0.15) is 32.8 Å². The highest BCUT2D eigenvalue weighted by atomic mass is 35.5. The van der Waals surface area contributed by atoms with E-state index in [1.165, 1.54) is 12.1 Å². The van der Waals surface area contributed by atoms with Gasteiger partial charge in [0.25, 0.3) is 0 Å². The summed E-state index contributed by atoms with van der Waals surface area (Å²) in [6, 6.07) is 4.57. The molecule has 1 atom stereocenters. The molecule has 0 aliphatic carbocycles. The highest BCUT2D eigenvalue weighted by Crippen LogP contribution is 2.20. The number of halogens is 2. The maximum Gasteiger partial charge on any atom is 0.123 e. The van der Waals surface area contributed by atoms with Gasteiger partial charge in [0.05, 0.1) is 0 Å². The first-order valence-corrected chi connectivity index (χ1v) is 7.01. The number of hydrogen-bond donors (Lipinski definition) is 1. The minimum Gasteiger partial charge on any atom is -0.316 e. The molecule has 1 rings (SSSR count). The van der Waals surface area contributed by atoms with Crippen molar-refractivity contribution in [2.24, 2.45) is 11.8 Å². The van der Waals surface area contributed by atoms with Gasteiger partial charge < -0.3 is 5.32 Å². The standard InChI is InChI=1S/C15H23ClFN/c1-11(2)9-18-10-12(3)4-5-13-8-14(17)6-7-15(13)16/h6-8,11-12,18H,4-5,9-10H2,1-3H3. The van der Waals surface area contributed by atoms with Crippen LogP contribution in [0.2, 0.25) is 5.02 Å². The molecule has 0 saturated carbocycles. The largest absolute Gasteiger partial charge is 0.316 e. The van der Waals surface area contributed by atoms with Crippen LogP contribution in [-0.2, 0) is 6.42 Å². The number of rotatable bonds is 7. The van der Waals surface area contributed by atoms with Crippen molar-refractivity contribution >= 4 is 11.6 Å². The van der Waals surface area contributed by atoms with Gasteiger partial charge in [-0.3, -0.25) is 0 Å². The van der Waals surface area contributed by atoms with E-state index in [1.807, 2.05) is 0 Å². The summed E-state index contributed by atoms with van der Waals surface area (Å²) < 4.78 is 13.1. The fraction of sp³-hybridized carbons (Fsp3) is 0.600. The Balaban J connectivity index is 2.33. The Morgan fingerprint density at radius 2 is 1.94 bits per heavy atom. The first kappa shape index (κ1) is 15.5. The Morgan fingerprint density at radius 1 is 1.22 bits per heavy atom. The van der Waals surface area contributed by atoms with Crippen molar-refractivity contribution in [1.82, 2.24) is 5.32 Å². The summed E-state index contributed by atoms with van der Waals surface area (Å²) in [6.45, 7) is 8.66. The van der Waals surface area contributed by atoms with Crippen molar-refractivity contribution in [2.45, 2.75) is 33.6 Å². The van der Waals surface area contributed by atoms with Crippen molar-refractivity contribution in [2.75, 3.05) is 13.1 Å². The van der Waals surface area contributed by atoms with Gasteiger partial charge in [0, 0.05) is 5.02 Å². The van der Waals surface area contributed by atoms with Crippen LogP contribution in [0.5, 0.6) is 0 Å². The van der Waals surface area contributed by atoms with Crippen molar-refractivity contribution < 1.29 is 4.39 Å². The zero-order valence-corrected chi connectivity index (χ0v) is 12.2. The molecule has 18 heavy (non-hydrogen) atoms. The number of benzene rings is 1. The first-order chi connectivity index (χ1) is 8.49. The predicted molar refractivity (Wildman–Crippen MR) is 76.6 cm³/mol. The van der Waals surface area contributed by atoms with Crippen molar-refractivity contribution in [1.29, 1.82) is 0 Å². The van der Waals surface area contributed by atoms with Gasteiger partial charge >= 0.3 is 0 Å². The first-order valence-electron chi connectivity index (χ1n) is 6.63. The van der Waals surface area contributed by atoms with Crippen LogP contribution >= 0.6 is 11.6 Å². The lowest BCUT2D eigenvalue weighted by Gasteiger charge is -2.14. The quantitative estimate of drug-likeness (QED) is 0.780. The maximum absolute atomic E-state index is 13.1. The zero-order valence-electron chi connectivity index (χ0n) is 11.5. The topological polar surface area (TPSA) is 12.0 Å². The normalized spacial score (nSPS) is 13.0. The highest BCUT2D eigenvalue weighted by molar-refractivity contribution is 6.31. The smallest absolute Gasteiger partial charge is 0.123 e. The molecule has 0 heterocycles. The molecule has 1 N–H and O–H groups in total. The van der Waals surface area contributed by atoms with Gasteiger partial charge in [-0.05, 0) is 61.5 Å². The fourth-order valence-electron chi connectivity index (χ4n) is 1.86. The summed E-state index contributed by atoms with van der Waals surface area (Å²) >= 11 is 6.04. The summed E-state index contributed by atoms with van der Waals surface area (Å²) in [5.74, 6) is 1.04. The molecule has 0 aromatic heterocycles. The van der Waals surface area contributed by atoms with Crippen molar-refractivity contribution in [3.8, 4) is 0 Å². The lowest BCUT2D eigenvalue weighted by atomic mass is 10.0. The third-order valence-corrected chi connectivity index (χ3v) is 3.33. The maximum atomic E-state index is 13.1. The Morgan fingerprint density at radius 3 is 2.61 bits per heavy atom. The molecule has 0 saturated heterocycles.